The van der Waals surface area contributed by atoms with Crippen LogP contribution in [0.25, 0.3) is 0 Å². The number of carbonyl (C=O) groups excluding carboxylic acids is 1. The third-order valence-electron chi connectivity index (χ3n) is 3.55. The van der Waals surface area contributed by atoms with E-state index < -0.39 is 0 Å². The summed E-state index contributed by atoms with van der Waals surface area (Å²) < 4.78 is 0. The van der Waals surface area contributed by atoms with Gasteiger partial charge in [-0.3, -0.25) is 4.79 Å². The van der Waals surface area contributed by atoms with E-state index in [1.165, 1.54) is 0 Å². The predicted molar refractivity (Wildman–Crippen MR) is 79.9 cm³/mol. The van der Waals surface area contributed by atoms with Gasteiger partial charge < -0.3 is 15.5 Å². The van der Waals surface area contributed by atoms with Crippen molar-refractivity contribution in [2.24, 2.45) is 11.8 Å². The van der Waals surface area contributed by atoms with Crippen LogP contribution in [0.15, 0.2) is 18.2 Å². The average Bonchev–Trinajstić information content (AvgIpc) is 2.75. The van der Waals surface area contributed by atoms with E-state index in [4.69, 9.17) is 11.6 Å². The van der Waals surface area contributed by atoms with Crippen LogP contribution in [0.4, 0.5) is 11.4 Å². The second kappa shape index (κ2) is 5.80. The smallest absolute Gasteiger partial charge is 0.229 e. The Morgan fingerprint density at radius 3 is 2.68 bits per heavy atom. The normalized spacial score (nSPS) is 22.3. The zero-order chi connectivity index (χ0) is 14.0. The maximum atomic E-state index is 12.2. The number of nitrogens with zero attached hydrogens (tertiary/aromatic N) is 1. The number of rotatable bonds is 3. The van der Waals surface area contributed by atoms with Crippen LogP contribution in [0.3, 0.4) is 0 Å². The van der Waals surface area contributed by atoms with E-state index in [1.807, 2.05) is 31.1 Å². The molecule has 2 atom stereocenters. The number of halogens is 1. The molecule has 0 aliphatic carbocycles. The van der Waals surface area contributed by atoms with Gasteiger partial charge in [0.25, 0.3) is 0 Å². The molecular weight excluding hydrogens is 262 g/mol. The van der Waals surface area contributed by atoms with Crippen LogP contribution < -0.4 is 15.5 Å². The zero-order valence-corrected chi connectivity index (χ0v) is 12.3. The molecule has 2 rings (SSSR count). The highest BCUT2D eigenvalue weighted by atomic mass is 35.5. The summed E-state index contributed by atoms with van der Waals surface area (Å²) in [6, 6.07) is 5.59. The van der Waals surface area contributed by atoms with Gasteiger partial charge in [-0.05, 0) is 30.7 Å². The first-order chi connectivity index (χ1) is 8.99. The number of nitrogens with one attached hydrogen (secondary N) is 2. The van der Waals surface area contributed by atoms with Crippen molar-refractivity contribution in [1.82, 2.24) is 5.32 Å². The first kappa shape index (κ1) is 14.2. The molecule has 1 heterocycles. The number of benzene rings is 1. The van der Waals surface area contributed by atoms with E-state index >= 15 is 0 Å². The third-order valence-corrected chi connectivity index (χ3v) is 3.85. The first-order valence-corrected chi connectivity index (χ1v) is 6.85. The molecule has 1 aromatic carbocycles. The lowest BCUT2D eigenvalue weighted by atomic mass is 9.97. The Labute approximate surface area is 119 Å². The summed E-state index contributed by atoms with van der Waals surface area (Å²) in [6.45, 7) is 3.74. The first-order valence-electron chi connectivity index (χ1n) is 6.47. The Kier molecular flexibility index (Phi) is 4.32. The summed E-state index contributed by atoms with van der Waals surface area (Å²) in [7, 11) is 3.87. The lowest BCUT2D eigenvalue weighted by Gasteiger charge is -2.17. The summed E-state index contributed by atoms with van der Waals surface area (Å²) in [4.78, 5) is 14.1. The molecule has 104 valence electrons. The van der Waals surface area contributed by atoms with Crippen molar-refractivity contribution in [3.63, 3.8) is 0 Å². The quantitative estimate of drug-likeness (QED) is 0.893. The number of carbonyl (C=O) groups is 1. The van der Waals surface area contributed by atoms with Crippen molar-refractivity contribution < 1.29 is 4.79 Å². The van der Waals surface area contributed by atoms with Gasteiger partial charge in [0.05, 0.1) is 16.6 Å². The number of hydrogen-bond acceptors (Lipinski definition) is 3. The number of hydrogen-bond donors (Lipinski definition) is 2. The number of amides is 1. The molecule has 1 aromatic rings. The summed E-state index contributed by atoms with van der Waals surface area (Å²) >= 11 is 6.19. The van der Waals surface area contributed by atoms with Crippen molar-refractivity contribution >= 4 is 28.9 Å². The lowest BCUT2D eigenvalue weighted by Crippen LogP contribution is -2.27. The molecule has 2 unspecified atom stereocenters. The molecule has 1 aliphatic rings. The molecule has 0 spiro atoms. The Morgan fingerprint density at radius 2 is 2.16 bits per heavy atom. The fraction of sp³-hybridized carbons (Fsp3) is 0.500. The van der Waals surface area contributed by atoms with Gasteiger partial charge in [-0.15, -0.1) is 0 Å². The van der Waals surface area contributed by atoms with Crippen LogP contribution in [0.2, 0.25) is 5.02 Å². The van der Waals surface area contributed by atoms with E-state index in [2.05, 4.69) is 17.6 Å². The summed E-state index contributed by atoms with van der Waals surface area (Å²) in [6.07, 6.45) is 0. The Hall–Kier alpha value is -1.26. The van der Waals surface area contributed by atoms with E-state index in [9.17, 15) is 4.79 Å². The van der Waals surface area contributed by atoms with Gasteiger partial charge in [0, 0.05) is 26.3 Å². The fourth-order valence-electron chi connectivity index (χ4n) is 2.34. The Balaban J connectivity index is 2.07. The summed E-state index contributed by atoms with van der Waals surface area (Å²) in [5, 5.41) is 6.81. The number of anilines is 2. The molecule has 19 heavy (non-hydrogen) atoms. The van der Waals surface area contributed by atoms with E-state index in [0.717, 1.165) is 24.5 Å². The molecule has 0 bridgehead atoms. The highest BCUT2D eigenvalue weighted by Crippen LogP contribution is 2.28. The molecule has 1 fully saturated rings. The predicted octanol–water partition coefficient (Wildman–Crippen LogP) is 2.20. The van der Waals surface area contributed by atoms with Crippen molar-refractivity contribution in [1.29, 1.82) is 0 Å². The summed E-state index contributed by atoms with van der Waals surface area (Å²) in [5.74, 6) is 0.468. The van der Waals surface area contributed by atoms with Crippen LogP contribution in [-0.4, -0.2) is 33.1 Å². The molecule has 2 N–H and O–H groups in total. The van der Waals surface area contributed by atoms with Crippen molar-refractivity contribution in [2.75, 3.05) is 37.4 Å². The maximum Gasteiger partial charge on any atom is 0.229 e. The van der Waals surface area contributed by atoms with Crippen molar-refractivity contribution in [3.8, 4) is 0 Å². The molecule has 4 nitrogen and oxygen atoms in total. The van der Waals surface area contributed by atoms with E-state index in [1.54, 1.807) is 6.07 Å². The lowest BCUT2D eigenvalue weighted by molar-refractivity contribution is -0.120. The summed E-state index contributed by atoms with van der Waals surface area (Å²) in [5.41, 5.74) is 1.69. The molecule has 0 radical (unpaired) electrons. The van der Waals surface area contributed by atoms with Crippen molar-refractivity contribution in [2.45, 2.75) is 6.92 Å². The largest absolute Gasteiger partial charge is 0.376 e. The topological polar surface area (TPSA) is 44.4 Å². The molecule has 1 saturated heterocycles. The monoisotopic (exact) mass is 281 g/mol. The molecule has 1 aliphatic heterocycles. The second-order valence-corrected chi connectivity index (χ2v) is 5.70. The highest BCUT2D eigenvalue weighted by molar-refractivity contribution is 6.33. The van der Waals surface area contributed by atoms with Crippen LogP contribution in [0, 0.1) is 11.8 Å². The zero-order valence-electron chi connectivity index (χ0n) is 11.5. The van der Waals surface area contributed by atoms with Gasteiger partial charge in [0.15, 0.2) is 0 Å². The van der Waals surface area contributed by atoms with Crippen molar-refractivity contribution in [3.05, 3.63) is 23.2 Å². The molecule has 0 saturated carbocycles. The third kappa shape index (κ3) is 3.19. The minimum Gasteiger partial charge on any atom is -0.376 e. The van der Waals surface area contributed by atoms with Crippen LogP contribution >= 0.6 is 11.6 Å². The van der Waals surface area contributed by atoms with Gasteiger partial charge in [-0.25, -0.2) is 0 Å². The molecule has 0 aromatic heterocycles. The maximum absolute atomic E-state index is 12.2. The van der Waals surface area contributed by atoms with Gasteiger partial charge in [-0.2, -0.15) is 0 Å². The molecule has 1 amide bonds. The van der Waals surface area contributed by atoms with E-state index in [-0.39, 0.29) is 11.8 Å². The standard InChI is InChI=1S/C14H20ClN3O/c1-9-7-16-8-11(9)14(19)17-10-4-5-13(18(2)3)12(15)6-10/h4-6,9,11,16H,7-8H2,1-3H3,(H,17,19). The minimum absolute atomic E-state index is 0.0345. The van der Waals surface area contributed by atoms with Crippen LogP contribution in [0.1, 0.15) is 6.92 Å². The van der Waals surface area contributed by atoms with E-state index in [0.29, 0.717) is 10.9 Å². The van der Waals surface area contributed by atoms with Gasteiger partial charge in [0.2, 0.25) is 5.91 Å². The average molecular weight is 282 g/mol. The Morgan fingerprint density at radius 1 is 1.42 bits per heavy atom. The minimum atomic E-state index is 0.0345. The van der Waals surface area contributed by atoms with Gasteiger partial charge in [0.1, 0.15) is 0 Å². The van der Waals surface area contributed by atoms with Gasteiger partial charge >= 0.3 is 0 Å². The highest BCUT2D eigenvalue weighted by Gasteiger charge is 2.29. The second-order valence-electron chi connectivity index (χ2n) is 5.29. The fourth-order valence-corrected chi connectivity index (χ4v) is 2.69. The van der Waals surface area contributed by atoms with Gasteiger partial charge in [-0.1, -0.05) is 18.5 Å². The Bertz CT molecular complexity index is 476. The van der Waals surface area contributed by atoms with Crippen LogP contribution in [0.5, 0.6) is 0 Å². The van der Waals surface area contributed by atoms with Crippen LogP contribution in [-0.2, 0) is 4.79 Å². The molecule has 5 heteroatoms. The molecular formula is C14H20ClN3O. The SMILES string of the molecule is CC1CNCC1C(=O)Nc1ccc(N(C)C)c(Cl)c1.